The van der Waals surface area contributed by atoms with E-state index >= 15 is 0 Å². The summed E-state index contributed by atoms with van der Waals surface area (Å²) in [6.07, 6.45) is 2.07. The van der Waals surface area contributed by atoms with Crippen molar-refractivity contribution >= 4 is 11.3 Å². The molecular formula is C9H15N3OS. The molecule has 0 aliphatic carbocycles. The number of hydrogen-bond acceptors (Lipinski definition) is 5. The third-order valence-electron chi connectivity index (χ3n) is 2.35. The molecule has 0 bridgehead atoms. The fourth-order valence-electron chi connectivity index (χ4n) is 1.49. The third-order valence-corrected chi connectivity index (χ3v) is 3.50. The van der Waals surface area contributed by atoms with Gasteiger partial charge in [0.05, 0.1) is 6.61 Å². The summed E-state index contributed by atoms with van der Waals surface area (Å²) in [5.41, 5.74) is 0. The van der Waals surface area contributed by atoms with Crippen LogP contribution >= 0.6 is 11.3 Å². The normalized spacial score (nSPS) is 21.6. The summed E-state index contributed by atoms with van der Waals surface area (Å²) < 4.78 is 5.33. The number of aromatic nitrogens is 2. The van der Waals surface area contributed by atoms with Crippen LogP contribution in [0.1, 0.15) is 22.4 Å². The lowest BCUT2D eigenvalue weighted by atomic mass is 10.1. The molecule has 1 aliphatic rings. The maximum Gasteiger partial charge on any atom is 0.122 e. The van der Waals surface area contributed by atoms with Crippen LogP contribution in [0.2, 0.25) is 0 Å². The second-order valence-electron chi connectivity index (χ2n) is 3.45. The van der Waals surface area contributed by atoms with Crippen LogP contribution in [0.5, 0.6) is 0 Å². The second kappa shape index (κ2) is 4.82. The van der Waals surface area contributed by atoms with Crippen molar-refractivity contribution in [1.29, 1.82) is 0 Å². The fraction of sp³-hybridized carbons (Fsp3) is 0.778. The summed E-state index contributed by atoms with van der Waals surface area (Å²) in [6.45, 7) is 2.66. The predicted molar refractivity (Wildman–Crippen MR) is 55.7 cm³/mol. The van der Waals surface area contributed by atoms with Crippen molar-refractivity contribution in [3.63, 3.8) is 0 Å². The Hall–Kier alpha value is -0.520. The van der Waals surface area contributed by atoms with Crippen molar-refractivity contribution < 1.29 is 4.74 Å². The molecule has 4 nitrogen and oxygen atoms in total. The van der Waals surface area contributed by atoms with E-state index in [9.17, 15) is 0 Å². The van der Waals surface area contributed by atoms with E-state index in [0.29, 0.717) is 5.92 Å². The first-order chi connectivity index (χ1) is 6.90. The van der Waals surface area contributed by atoms with Crippen LogP contribution < -0.4 is 5.32 Å². The molecule has 2 rings (SSSR count). The zero-order valence-corrected chi connectivity index (χ0v) is 9.14. The highest BCUT2D eigenvalue weighted by atomic mass is 32.1. The van der Waals surface area contributed by atoms with Gasteiger partial charge in [0.1, 0.15) is 10.0 Å². The number of likely N-dealkylation sites (N-methyl/N-ethyl adjacent to an activating group) is 1. The largest absolute Gasteiger partial charge is 0.381 e. The van der Waals surface area contributed by atoms with Gasteiger partial charge >= 0.3 is 0 Å². The molecule has 5 heteroatoms. The maximum absolute atomic E-state index is 5.33. The number of ether oxygens (including phenoxy) is 1. The fourth-order valence-corrected chi connectivity index (χ4v) is 2.46. The van der Waals surface area contributed by atoms with E-state index in [0.717, 1.165) is 42.6 Å². The standard InChI is InChI=1S/C9H15N3OS/c1-10-4-2-8-11-12-9(14-8)7-3-5-13-6-7/h7,10H,2-6H2,1H3. The topological polar surface area (TPSA) is 47.0 Å². The van der Waals surface area contributed by atoms with E-state index in [2.05, 4.69) is 15.5 Å². The van der Waals surface area contributed by atoms with Gasteiger partial charge in [-0.2, -0.15) is 0 Å². The highest BCUT2D eigenvalue weighted by Crippen LogP contribution is 2.27. The maximum atomic E-state index is 5.33. The lowest BCUT2D eigenvalue weighted by Crippen LogP contribution is -2.09. The SMILES string of the molecule is CNCCc1nnc(C2CCOC2)s1. The zero-order valence-electron chi connectivity index (χ0n) is 8.32. The molecule has 1 aromatic rings. The molecule has 1 aromatic heterocycles. The quantitative estimate of drug-likeness (QED) is 0.804. The first kappa shape index (κ1) is 10.0. The van der Waals surface area contributed by atoms with E-state index < -0.39 is 0 Å². The van der Waals surface area contributed by atoms with E-state index in [1.54, 1.807) is 11.3 Å². The van der Waals surface area contributed by atoms with Gasteiger partial charge in [0.25, 0.3) is 0 Å². The van der Waals surface area contributed by atoms with Gasteiger partial charge in [0.2, 0.25) is 0 Å². The average molecular weight is 213 g/mol. The Labute approximate surface area is 87.7 Å². The molecule has 0 radical (unpaired) electrons. The molecule has 1 fully saturated rings. The van der Waals surface area contributed by atoms with Crippen LogP contribution in [0, 0.1) is 0 Å². The molecule has 14 heavy (non-hydrogen) atoms. The van der Waals surface area contributed by atoms with Gasteiger partial charge in [0.15, 0.2) is 0 Å². The summed E-state index contributed by atoms with van der Waals surface area (Å²) in [5.74, 6) is 0.496. The molecule has 1 N–H and O–H groups in total. The van der Waals surface area contributed by atoms with Gasteiger partial charge in [-0.15, -0.1) is 21.5 Å². The molecule has 1 atom stereocenters. The van der Waals surface area contributed by atoms with Crippen molar-refractivity contribution in [2.45, 2.75) is 18.8 Å². The lowest BCUT2D eigenvalue weighted by Gasteiger charge is -1.98. The summed E-state index contributed by atoms with van der Waals surface area (Å²) >= 11 is 1.73. The van der Waals surface area contributed by atoms with Crippen LogP contribution in [0.15, 0.2) is 0 Å². The van der Waals surface area contributed by atoms with Gasteiger partial charge in [-0.25, -0.2) is 0 Å². The Morgan fingerprint density at radius 2 is 2.50 bits per heavy atom. The molecule has 0 amide bonds. The molecule has 1 saturated heterocycles. The summed E-state index contributed by atoms with van der Waals surface area (Å²) in [4.78, 5) is 0. The van der Waals surface area contributed by atoms with Gasteiger partial charge < -0.3 is 10.1 Å². The number of nitrogens with zero attached hydrogens (tertiary/aromatic N) is 2. The van der Waals surface area contributed by atoms with Crippen molar-refractivity contribution in [1.82, 2.24) is 15.5 Å². The first-order valence-corrected chi connectivity index (χ1v) is 5.76. The van der Waals surface area contributed by atoms with Crippen LogP contribution in [-0.4, -0.2) is 37.0 Å². The summed E-state index contributed by atoms with van der Waals surface area (Å²) in [6, 6.07) is 0. The number of nitrogens with one attached hydrogen (secondary N) is 1. The predicted octanol–water partition coefficient (Wildman–Crippen LogP) is 0.804. The van der Waals surface area contributed by atoms with Gasteiger partial charge in [-0.1, -0.05) is 0 Å². The molecule has 1 unspecified atom stereocenters. The Bertz CT molecular complexity index is 283. The summed E-state index contributed by atoms with van der Waals surface area (Å²) in [5, 5.41) is 13.8. The number of rotatable bonds is 4. The van der Waals surface area contributed by atoms with Crippen molar-refractivity contribution in [2.75, 3.05) is 26.8 Å². The van der Waals surface area contributed by atoms with Gasteiger partial charge in [-0.05, 0) is 13.5 Å². The van der Waals surface area contributed by atoms with E-state index in [1.807, 2.05) is 7.05 Å². The van der Waals surface area contributed by atoms with E-state index in [-0.39, 0.29) is 0 Å². The Morgan fingerprint density at radius 3 is 3.21 bits per heavy atom. The molecule has 0 saturated carbocycles. The molecule has 0 aromatic carbocycles. The Balaban J connectivity index is 1.94. The highest BCUT2D eigenvalue weighted by molar-refractivity contribution is 7.11. The Morgan fingerprint density at radius 1 is 1.57 bits per heavy atom. The van der Waals surface area contributed by atoms with Crippen LogP contribution in [0.3, 0.4) is 0 Å². The minimum Gasteiger partial charge on any atom is -0.381 e. The summed E-state index contributed by atoms with van der Waals surface area (Å²) in [7, 11) is 1.95. The number of hydrogen-bond donors (Lipinski definition) is 1. The third kappa shape index (κ3) is 2.29. The first-order valence-electron chi connectivity index (χ1n) is 4.95. The van der Waals surface area contributed by atoms with Crippen molar-refractivity contribution in [2.24, 2.45) is 0 Å². The zero-order chi connectivity index (χ0) is 9.80. The van der Waals surface area contributed by atoms with Crippen LogP contribution in [0.4, 0.5) is 0 Å². The van der Waals surface area contributed by atoms with E-state index in [4.69, 9.17) is 4.74 Å². The molecule has 1 aliphatic heterocycles. The monoisotopic (exact) mass is 213 g/mol. The minimum absolute atomic E-state index is 0.496. The Kier molecular flexibility index (Phi) is 3.44. The molecular weight excluding hydrogens is 198 g/mol. The average Bonchev–Trinajstić information content (AvgIpc) is 2.85. The lowest BCUT2D eigenvalue weighted by molar-refractivity contribution is 0.194. The van der Waals surface area contributed by atoms with Crippen molar-refractivity contribution in [3.8, 4) is 0 Å². The molecule has 2 heterocycles. The minimum atomic E-state index is 0.496. The molecule has 0 spiro atoms. The van der Waals surface area contributed by atoms with Crippen LogP contribution in [0.25, 0.3) is 0 Å². The van der Waals surface area contributed by atoms with Gasteiger partial charge in [-0.3, -0.25) is 0 Å². The van der Waals surface area contributed by atoms with Crippen molar-refractivity contribution in [3.05, 3.63) is 10.0 Å². The van der Waals surface area contributed by atoms with E-state index in [1.165, 1.54) is 0 Å². The highest BCUT2D eigenvalue weighted by Gasteiger charge is 2.21. The second-order valence-corrected chi connectivity index (χ2v) is 4.54. The van der Waals surface area contributed by atoms with Crippen LogP contribution in [-0.2, 0) is 11.2 Å². The smallest absolute Gasteiger partial charge is 0.122 e. The molecule has 78 valence electrons. The van der Waals surface area contributed by atoms with Gasteiger partial charge in [0, 0.05) is 25.5 Å².